The zero-order chi connectivity index (χ0) is 21.8. The van der Waals surface area contributed by atoms with Gasteiger partial charge in [0.25, 0.3) is 5.91 Å². The number of nitriles is 2. The first-order valence-corrected chi connectivity index (χ1v) is 11.1. The van der Waals surface area contributed by atoms with E-state index in [-0.39, 0.29) is 5.57 Å². The molecule has 4 rings (SSSR count). The molecule has 1 aliphatic rings. The molecule has 1 amide bonds. The van der Waals surface area contributed by atoms with Crippen LogP contribution in [0.5, 0.6) is 5.75 Å². The van der Waals surface area contributed by atoms with Crippen molar-refractivity contribution in [3.05, 3.63) is 63.5 Å². The Balaban J connectivity index is 1.68. The van der Waals surface area contributed by atoms with E-state index in [1.54, 1.807) is 6.08 Å². The van der Waals surface area contributed by atoms with Gasteiger partial charge in [0.2, 0.25) is 0 Å². The van der Waals surface area contributed by atoms with Crippen LogP contribution in [0.4, 0.5) is 5.00 Å². The van der Waals surface area contributed by atoms with Crippen molar-refractivity contribution >= 4 is 39.1 Å². The maximum absolute atomic E-state index is 12.9. The monoisotopic (exact) mass is 427 g/mol. The molecule has 2 aromatic carbocycles. The highest BCUT2D eigenvalue weighted by atomic mass is 32.1. The summed E-state index contributed by atoms with van der Waals surface area (Å²) < 4.78 is 5.70. The zero-order valence-electron chi connectivity index (χ0n) is 17.2. The smallest absolute Gasteiger partial charge is 0.266 e. The van der Waals surface area contributed by atoms with Gasteiger partial charge in [-0.1, -0.05) is 30.3 Å². The number of rotatable bonds is 5. The summed E-state index contributed by atoms with van der Waals surface area (Å²) >= 11 is 1.45. The fourth-order valence-corrected chi connectivity index (χ4v) is 5.18. The molecule has 31 heavy (non-hydrogen) atoms. The molecule has 1 heterocycles. The van der Waals surface area contributed by atoms with Gasteiger partial charge in [0, 0.05) is 10.3 Å². The highest BCUT2D eigenvalue weighted by Crippen LogP contribution is 2.38. The number of carbonyl (C=O) groups is 1. The minimum absolute atomic E-state index is 0.00965. The maximum atomic E-state index is 12.9. The van der Waals surface area contributed by atoms with Crippen molar-refractivity contribution in [1.82, 2.24) is 0 Å². The van der Waals surface area contributed by atoms with Crippen LogP contribution >= 0.6 is 11.3 Å². The van der Waals surface area contributed by atoms with E-state index < -0.39 is 5.91 Å². The molecule has 0 fully saturated rings. The quantitative estimate of drug-likeness (QED) is 0.424. The van der Waals surface area contributed by atoms with E-state index in [0.717, 1.165) is 58.2 Å². The third kappa shape index (κ3) is 4.03. The second-order valence-electron chi connectivity index (χ2n) is 7.28. The van der Waals surface area contributed by atoms with Crippen LogP contribution in [-0.4, -0.2) is 12.5 Å². The summed E-state index contributed by atoms with van der Waals surface area (Å²) in [6, 6.07) is 15.7. The average molecular weight is 428 g/mol. The molecule has 3 aromatic rings. The lowest BCUT2D eigenvalue weighted by molar-refractivity contribution is -0.112. The molecule has 154 valence electrons. The van der Waals surface area contributed by atoms with Gasteiger partial charge >= 0.3 is 0 Å². The Kier molecular flexibility index (Phi) is 6.02. The highest BCUT2D eigenvalue weighted by Gasteiger charge is 2.22. The molecule has 6 heteroatoms. The van der Waals surface area contributed by atoms with E-state index in [1.165, 1.54) is 11.3 Å². The van der Waals surface area contributed by atoms with Gasteiger partial charge in [0.1, 0.15) is 28.5 Å². The van der Waals surface area contributed by atoms with Gasteiger partial charge in [-0.25, -0.2) is 0 Å². The molecule has 1 aromatic heterocycles. The van der Waals surface area contributed by atoms with Crippen molar-refractivity contribution < 1.29 is 9.53 Å². The highest BCUT2D eigenvalue weighted by molar-refractivity contribution is 7.16. The number of aryl methyl sites for hydroxylation is 1. The maximum Gasteiger partial charge on any atom is 0.266 e. The summed E-state index contributed by atoms with van der Waals surface area (Å²) in [5.41, 5.74) is 2.34. The Morgan fingerprint density at radius 1 is 1.16 bits per heavy atom. The summed E-state index contributed by atoms with van der Waals surface area (Å²) in [7, 11) is 0. The Hall–Kier alpha value is -3.61. The van der Waals surface area contributed by atoms with Crippen molar-refractivity contribution in [2.45, 2.75) is 32.6 Å². The molecule has 0 saturated carbocycles. The number of hydrogen-bond donors (Lipinski definition) is 1. The SMILES string of the molecule is CCOc1ccc(/C=C(\C#N)C(=O)Nc2sc3c(c2C#N)CCCC3)c2ccccc12. The van der Waals surface area contributed by atoms with Crippen LogP contribution in [0, 0.1) is 22.7 Å². The van der Waals surface area contributed by atoms with Gasteiger partial charge in [-0.05, 0) is 61.3 Å². The van der Waals surface area contributed by atoms with Crippen LogP contribution in [0.1, 0.15) is 41.3 Å². The fraction of sp³-hybridized carbons (Fsp3) is 0.240. The van der Waals surface area contributed by atoms with Gasteiger partial charge in [-0.2, -0.15) is 10.5 Å². The van der Waals surface area contributed by atoms with E-state index in [2.05, 4.69) is 11.4 Å². The lowest BCUT2D eigenvalue weighted by Crippen LogP contribution is -2.13. The molecule has 0 radical (unpaired) electrons. The molecule has 0 saturated heterocycles. The first-order valence-electron chi connectivity index (χ1n) is 10.3. The molecular formula is C25H21N3O2S. The number of hydrogen-bond acceptors (Lipinski definition) is 5. The van der Waals surface area contributed by atoms with Crippen molar-refractivity contribution in [2.24, 2.45) is 0 Å². The minimum Gasteiger partial charge on any atom is -0.493 e. The summed E-state index contributed by atoms with van der Waals surface area (Å²) in [6.07, 6.45) is 5.54. The molecule has 5 nitrogen and oxygen atoms in total. The summed E-state index contributed by atoms with van der Waals surface area (Å²) in [6.45, 7) is 2.48. The van der Waals surface area contributed by atoms with Crippen LogP contribution in [0.25, 0.3) is 16.8 Å². The first kappa shape index (κ1) is 20.7. The molecule has 0 spiro atoms. The van der Waals surface area contributed by atoms with Crippen LogP contribution in [0.3, 0.4) is 0 Å². The lowest BCUT2D eigenvalue weighted by atomic mass is 9.96. The van der Waals surface area contributed by atoms with E-state index >= 15 is 0 Å². The second kappa shape index (κ2) is 9.04. The van der Waals surface area contributed by atoms with Gasteiger partial charge in [0.15, 0.2) is 0 Å². The molecule has 0 atom stereocenters. The van der Waals surface area contributed by atoms with Crippen molar-refractivity contribution in [2.75, 3.05) is 11.9 Å². The second-order valence-corrected chi connectivity index (χ2v) is 8.39. The van der Waals surface area contributed by atoms with E-state index in [1.807, 2.05) is 49.4 Å². The average Bonchev–Trinajstić information content (AvgIpc) is 3.15. The number of anilines is 1. The number of amides is 1. The number of thiophene rings is 1. The van der Waals surface area contributed by atoms with Gasteiger partial charge in [-0.15, -0.1) is 11.3 Å². The van der Waals surface area contributed by atoms with Crippen LogP contribution in [0.15, 0.2) is 42.0 Å². The van der Waals surface area contributed by atoms with E-state index in [0.29, 0.717) is 17.2 Å². The van der Waals surface area contributed by atoms with E-state index in [4.69, 9.17) is 4.74 Å². The standard InChI is InChI=1S/C25H21N3O2S/c1-2-30-22-12-11-16(18-7-3-4-8-19(18)22)13-17(14-26)24(29)28-25-21(15-27)20-9-5-6-10-23(20)31-25/h3-4,7-8,11-13H,2,5-6,9-10H2,1H3,(H,28,29)/b17-13+. The molecule has 1 N–H and O–H groups in total. The number of ether oxygens (including phenoxy) is 1. The largest absolute Gasteiger partial charge is 0.493 e. The number of carbonyl (C=O) groups excluding carboxylic acids is 1. The predicted octanol–water partition coefficient (Wildman–Crippen LogP) is 5.60. The molecule has 0 unspecified atom stereocenters. The van der Waals surface area contributed by atoms with Crippen molar-refractivity contribution in [3.63, 3.8) is 0 Å². The zero-order valence-corrected chi connectivity index (χ0v) is 18.0. The fourth-order valence-electron chi connectivity index (χ4n) is 3.95. The molecule has 1 aliphatic carbocycles. The van der Waals surface area contributed by atoms with Crippen molar-refractivity contribution in [3.8, 4) is 17.9 Å². The Bertz CT molecular complexity index is 1270. The third-order valence-corrected chi connectivity index (χ3v) is 6.60. The molecule has 0 aliphatic heterocycles. The normalized spacial score (nSPS) is 13.2. The number of fused-ring (bicyclic) bond motifs is 2. The van der Waals surface area contributed by atoms with Crippen LogP contribution in [0.2, 0.25) is 0 Å². The third-order valence-electron chi connectivity index (χ3n) is 5.39. The van der Waals surface area contributed by atoms with Gasteiger partial charge in [0.05, 0.1) is 12.2 Å². The number of nitrogens with one attached hydrogen (secondary N) is 1. The van der Waals surface area contributed by atoms with Crippen LogP contribution in [-0.2, 0) is 17.6 Å². The molecular weight excluding hydrogens is 406 g/mol. The summed E-state index contributed by atoms with van der Waals surface area (Å²) in [4.78, 5) is 14.1. The van der Waals surface area contributed by atoms with Crippen molar-refractivity contribution in [1.29, 1.82) is 10.5 Å². The minimum atomic E-state index is -0.504. The van der Waals surface area contributed by atoms with E-state index in [9.17, 15) is 15.3 Å². The summed E-state index contributed by atoms with van der Waals surface area (Å²) in [5.74, 6) is 0.261. The Morgan fingerprint density at radius 2 is 1.94 bits per heavy atom. The molecule has 0 bridgehead atoms. The lowest BCUT2D eigenvalue weighted by Gasteiger charge is -2.10. The summed E-state index contributed by atoms with van der Waals surface area (Å²) in [5, 5.41) is 24.5. The Morgan fingerprint density at radius 3 is 2.68 bits per heavy atom. The Labute approximate surface area is 185 Å². The van der Waals surface area contributed by atoms with Gasteiger partial charge < -0.3 is 10.1 Å². The number of benzene rings is 2. The van der Waals surface area contributed by atoms with Crippen LogP contribution < -0.4 is 10.1 Å². The topological polar surface area (TPSA) is 85.9 Å². The number of nitrogens with zero attached hydrogens (tertiary/aromatic N) is 2. The first-order chi connectivity index (χ1) is 15.2. The van der Waals surface area contributed by atoms with Gasteiger partial charge in [-0.3, -0.25) is 4.79 Å². The predicted molar refractivity (Wildman–Crippen MR) is 123 cm³/mol.